The van der Waals surface area contributed by atoms with Gasteiger partial charge in [0.25, 0.3) is 0 Å². The van der Waals surface area contributed by atoms with E-state index in [9.17, 15) is 10.2 Å². The smallest absolute Gasteiger partial charge is 0.165 e. The second-order valence-corrected chi connectivity index (χ2v) is 5.40. The molecule has 0 amide bonds. The number of nitrogens with two attached hydrogens (primary N) is 1. The number of benzene rings is 1. The lowest BCUT2D eigenvalue weighted by molar-refractivity contribution is 0.450. The fourth-order valence-electron chi connectivity index (χ4n) is 2.33. The molecule has 0 aliphatic carbocycles. The number of hydrogen-bond acceptors (Lipinski definition) is 8. The highest BCUT2D eigenvalue weighted by Crippen LogP contribution is 2.20. The van der Waals surface area contributed by atoms with Gasteiger partial charge in [-0.25, -0.2) is 15.0 Å². The first kappa shape index (κ1) is 19.4. The van der Waals surface area contributed by atoms with Crippen LogP contribution in [0.25, 0.3) is 11.2 Å². The van der Waals surface area contributed by atoms with Crippen LogP contribution < -0.4 is 11.1 Å². The van der Waals surface area contributed by atoms with E-state index in [4.69, 9.17) is 5.73 Å². The summed E-state index contributed by atoms with van der Waals surface area (Å²) in [4.78, 5) is 16.6. The van der Waals surface area contributed by atoms with E-state index in [0.717, 1.165) is 12.2 Å². The minimum atomic E-state index is 0. The molecule has 1 aromatic carbocycles. The van der Waals surface area contributed by atoms with Crippen molar-refractivity contribution >= 4 is 35.6 Å². The Kier molecular flexibility index (Phi) is 6.70. The Morgan fingerprint density at radius 3 is 2.85 bits per heavy atom. The van der Waals surface area contributed by atoms with E-state index in [1.54, 1.807) is 18.6 Å². The largest absolute Gasteiger partial charge is 0.508 e. The summed E-state index contributed by atoms with van der Waals surface area (Å²) >= 11 is 0. The first-order valence-electron chi connectivity index (χ1n) is 7.79. The van der Waals surface area contributed by atoms with Gasteiger partial charge in [0, 0.05) is 37.5 Å². The lowest BCUT2D eigenvalue weighted by Gasteiger charge is -2.05. The van der Waals surface area contributed by atoms with E-state index in [2.05, 4.69) is 25.3 Å². The molecule has 0 saturated heterocycles. The van der Waals surface area contributed by atoms with Crippen LogP contribution in [0, 0.1) is 0 Å². The van der Waals surface area contributed by atoms with Crippen LogP contribution in [-0.2, 0) is 6.54 Å². The van der Waals surface area contributed by atoms with Crippen LogP contribution in [0.15, 0.2) is 35.8 Å². The van der Waals surface area contributed by atoms with Crippen molar-refractivity contribution in [3.8, 4) is 11.5 Å². The lowest BCUT2D eigenvalue weighted by atomic mass is 10.2. The molecule has 2 heterocycles. The molecule has 2 aromatic heterocycles. The standard InChI is InChI=1S/C16H19N7O2.ClH/c17-15-14-16(21-9-20-15)23(10-22-14)6-5-18-3-4-19-8-11-1-2-12(24)7-13(11)25;/h1-2,7-10,18,24-25H,3-6H2,(H2,17,20,21);1H. The summed E-state index contributed by atoms with van der Waals surface area (Å²) in [6.45, 7) is 2.70. The number of hydrogen-bond donors (Lipinski definition) is 4. The summed E-state index contributed by atoms with van der Waals surface area (Å²) in [6, 6.07) is 4.40. The van der Waals surface area contributed by atoms with Gasteiger partial charge in [0.1, 0.15) is 23.3 Å². The molecule has 0 spiro atoms. The fourth-order valence-corrected chi connectivity index (χ4v) is 2.33. The third kappa shape index (κ3) is 4.58. The van der Waals surface area contributed by atoms with E-state index in [0.29, 0.717) is 36.5 Å². The number of aromatic nitrogens is 4. The minimum Gasteiger partial charge on any atom is -0.508 e. The van der Waals surface area contributed by atoms with Crippen molar-refractivity contribution in [2.45, 2.75) is 6.54 Å². The molecule has 0 unspecified atom stereocenters. The molecule has 26 heavy (non-hydrogen) atoms. The maximum Gasteiger partial charge on any atom is 0.165 e. The molecule has 0 aliphatic heterocycles. The second kappa shape index (κ2) is 8.97. The maximum atomic E-state index is 9.65. The third-order valence-corrected chi connectivity index (χ3v) is 3.62. The Labute approximate surface area is 156 Å². The summed E-state index contributed by atoms with van der Waals surface area (Å²) < 4.78 is 1.91. The van der Waals surface area contributed by atoms with E-state index >= 15 is 0 Å². The molecular weight excluding hydrogens is 358 g/mol. The molecule has 0 radical (unpaired) electrons. The highest BCUT2D eigenvalue weighted by atomic mass is 35.5. The van der Waals surface area contributed by atoms with Gasteiger partial charge in [0.15, 0.2) is 11.5 Å². The van der Waals surface area contributed by atoms with Crippen molar-refractivity contribution in [2.24, 2.45) is 4.99 Å². The van der Waals surface area contributed by atoms with Crippen molar-refractivity contribution in [1.82, 2.24) is 24.8 Å². The number of phenolic OH excluding ortho intramolecular Hbond substituents is 2. The molecule has 10 heteroatoms. The van der Waals surface area contributed by atoms with Gasteiger partial charge in [0.2, 0.25) is 0 Å². The van der Waals surface area contributed by atoms with Gasteiger partial charge in [-0.2, -0.15) is 0 Å². The van der Waals surface area contributed by atoms with Gasteiger partial charge < -0.3 is 25.8 Å². The fraction of sp³-hybridized carbons (Fsp3) is 0.250. The van der Waals surface area contributed by atoms with Gasteiger partial charge in [-0.05, 0) is 12.1 Å². The number of aliphatic imine (C=N–C) groups is 1. The van der Waals surface area contributed by atoms with Gasteiger partial charge in [-0.15, -0.1) is 12.4 Å². The molecule has 3 aromatic rings. The SMILES string of the molecule is Cl.Nc1ncnc2c1ncn2CCNCCN=Cc1ccc(O)cc1O. The Bertz CT molecular complexity index is 897. The van der Waals surface area contributed by atoms with Crippen molar-refractivity contribution in [1.29, 1.82) is 0 Å². The monoisotopic (exact) mass is 377 g/mol. The molecule has 9 nitrogen and oxygen atoms in total. The first-order chi connectivity index (χ1) is 12.1. The van der Waals surface area contributed by atoms with Crippen LogP contribution in [0.4, 0.5) is 5.82 Å². The van der Waals surface area contributed by atoms with Crippen LogP contribution >= 0.6 is 12.4 Å². The second-order valence-electron chi connectivity index (χ2n) is 5.40. The van der Waals surface area contributed by atoms with Crippen molar-refractivity contribution in [3.63, 3.8) is 0 Å². The Balaban J connectivity index is 0.00000243. The summed E-state index contributed by atoms with van der Waals surface area (Å²) in [7, 11) is 0. The van der Waals surface area contributed by atoms with Crippen molar-refractivity contribution in [2.75, 3.05) is 25.4 Å². The van der Waals surface area contributed by atoms with Crippen LogP contribution in [0.5, 0.6) is 11.5 Å². The van der Waals surface area contributed by atoms with E-state index in [1.807, 2.05) is 4.57 Å². The Morgan fingerprint density at radius 2 is 2.04 bits per heavy atom. The average molecular weight is 378 g/mol. The number of nitrogens with one attached hydrogen (secondary N) is 1. The predicted octanol–water partition coefficient (Wildman–Crippen LogP) is 0.950. The molecule has 3 rings (SSSR count). The molecule has 0 aliphatic rings. The van der Waals surface area contributed by atoms with E-state index in [-0.39, 0.29) is 23.9 Å². The normalized spacial score (nSPS) is 11.1. The molecular formula is C16H20ClN7O2. The quantitative estimate of drug-likeness (QED) is 0.355. The van der Waals surface area contributed by atoms with Crippen LogP contribution in [-0.4, -0.2) is 55.6 Å². The van der Waals surface area contributed by atoms with Crippen LogP contribution in [0.2, 0.25) is 0 Å². The molecule has 5 N–H and O–H groups in total. The number of aromatic hydroxyl groups is 2. The molecule has 0 saturated carbocycles. The summed E-state index contributed by atoms with van der Waals surface area (Å²) in [6.07, 6.45) is 4.71. The number of phenols is 2. The predicted molar refractivity (Wildman–Crippen MR) is 102 cm³/mol. The Morgan fingerprint density at radius 1 is 1.19 bits per heavy atom. The molecule has 0 atom stereocenters. The van der Waals surface area contributed by atoms with Gasteiger partial charge >= 0.3 is 0 Å². The first-order valence-corrected chi connectivity index (χ1v) is 7.79. The van der Waals surface area contributed by atoms with Crippen molar-refractivity contribution in [3.05, 3.63) is 36.4 Å². The number of nitrogen functional groups attached to an aromatic ring is 1. The van der Waals surface area contributed by atoms with Crippen LogP contribution in [0.3, 0.4) is 0 Å². The average Bonchev–Trinajstić information content (AvgIpc) is 3.00. The Hall–Kier alpha value is -2.91. The third-order valence-electron chi connectivity index (χ3n) is 3.62. The highest BCUT2D eigenvalue weighted by molar-refractivity contribution is 5.85. The number of rotatable bonds is 7. The topological polar surface area (TPSA) is 134 Å². The molecule has 0 fully saturated rings. The van der Waals surface area contributed by atoms with Crippen molar-refractivity contribution < 1.29 is 10.2 Å². The number of fused-ring (bicyclic) bond motifs is 1. The number of anilines is 1. The number of imidazole rings is 1. The van der Waals surface area contributed by atoms with Gasteiger partial charge in [-0.1, -0.05) is 0 Å². The van der Waals surface area contributed by atoms with E-state index < -0.39 is 0 Å². The zero-order valence-corrected chi connectivity index (χ0v) is 14.7. The van der Waals surface area contributed by atoms with Gasteiger partial charge in [-0.3, -0.25) is 4.99 Å². The molecule has 138 valence electrons. The molecule has 0 bridgehead atoms. The minimum absolute atomic E-state index is 0. The van der Waals surface area contributed by atoms with Crippen LogP contribution in [0.1, 0.15) is 5.56 Å². The number of halogens is 1. The van der Waals surface area contributed by atoms with E-state index in [1.165, 1.54) is 18.5 Å². The number of nitrogens with zero attached hydrogens (tertiary/aromatic N) is 5. The zero-order valence-electron chi connectivity index (χ0n) is 13.9. The highest BCUT2D eigenvalue weighted by Gasteiger charge is 2.06. The maximum absolute atomic E-state index is 9.65. The lowest BCUT2D eigenvalue weighted by Crippen LogP contribution is -2.22. The summed E-state index contributed by atoms with van der Waals surface area (Å²) in [5, 5.41) is 22.2. The summed E-state index contributed by atoms with van der Waals surface area (Å²) in [5.74, 6) is 0.406. The zero-order chi connectivity index (χ0) is 17.6. The van der Waals surface area contributed by atoms with Gasteiger partial charge in [0.05, 0.1) is 12.9 Å². The summed E-state index contributed by atoms with van der Waals surface area (Å²) in [5.41, 5.74) is 7.65.